The van der Waals surface area contributed by atoms with Crippen molar-refractivity contribution in [2.75, 3.05) is 18.4 Å². The Morgan fingerprint density at radius 1 is 1.27 bits per heavy atom. The second-order valence-corrected chi connectivity index (χ2v) is 8.27. The monoisotopic (exact) mass is 355 g/mol. The molecule has 1 saturated heterocycles. The summed E-state index contributed by atoms with van der Waals surface area (Å²) in [5, 5.41) is 10.7. The van der Waals surface area contributed by atoms with Gasteiger partial charge in [-0.2, -0.15) is 0 Å². The van der Waals surface area contributed by atoms with Crippen LogP contribution in [0.15, 0.2) is 40.9 Å². The Bertz CT molecular complexity index is 718. The molecule has 1 amide bonds. The van der Waals surface area contributed by atoms with E-state index in [9.17, 15) is 4.79 Å². The number of carbonyl (C=O) groups is 1. The quantitative estimate of drug-likeness (QED) is 0.857. The molecule has 1 fully saturated rings. The van der Waals surface area contributed by atoms with E-state index in [1.807, 2.05) is 30.3 Å². The van der Waals surface area contributed by atoms with E-state index in [-0.39, 0.29) is 11.3 Å². The summed E-state index contributed by atoms with van der Waals surface area (Å²) in [5.74, 6) is 1.75. The van der Waals surface area contributed by atoms with Crippen molar-refractivity contribution in [2.45, 2.75) is 45.4 Å². The highest BCUT2D eigenvalue weighted by molar-refractivity contribution is 5.90. The van der Waals surface area contributed by atoms with Gasteiger partial charge in [-0.05, 0) is 49.9 Å². The smallest absolute Gasteiger partial charge is 0.224 e. The molecule has 0 aliphatic carbocycles. The molecule has 5 heteroatoms. The number of benzene rings is 1. The Hall–Kier alpha value is -2.14. The van der Waals surface area contributed by atoms with Crippen molar-refractivity contribution in [1.29, 1.82) is 0 Å². The van der Waals surface area contributed by atoms with E-state index in [1.165, 1.54) is 0 Å². The van der Waals surface area contributed by atoms with Gasteiger partial charge in [-0.1, -0.05) is 44.1 Å². The van der Waals surface area contributed by atoms with Crippen molar-refractivity contribution in [3.63, 3.8) is 0 Å². The van der Waals surface area contributed by atoms with Crippen molar-refractivity contribution in [1.82, 2.24) is 10.5 Å². The van der Waals surface area contributed by atoms with Gasteiger partial charge >= 0.3 is 0 Å². The number of amides is 1. The first-order chi connectivity index (χ1) is 12.4. The average Bonchev–Trinajstić information content (AvgIpc) is 3.06. The molecule has 5 nitrogen and oxygen atoms in total. The molecule has 3 rings (SSSR count). The summed E-state index contributed by atoms with van der Waals surface area (Å²) >= 11 is 0. The summed E-state index contributed by atoms with van der Waals surface area (Å²) in [6.07, 6.45) is 2.40. The van der Waals surface area contributed by atoms with Gasteiger partial charge < -0.3 is 15.2 Å². The highest BCUT2D eigenvalue weighted by Gasteiger charge is 2.29. The number of hydrogen-bond acceptors (Lipinski definition) is 4. The number of aromatic nitrogens is 1. The van der Waals surface area contributed by atoms with E-state index in [1.54, 1.807) is 0 Å². The predicted octanol–water partition coefficient (Wildman–Crippen LogP) is 3.77. The van der Waals surface area contributed by atoms with Gasteiger partial charge in [0.1, 0.15) is 5.76 Å². The zero-order chi connectivity index (χ0) is 18.6. The van der Waals surface area contributed by atoms with Crippen LogP contribution in [0.4, 0.5) is 5.69 Å². The second-order valence-electron chi connectivity index (χ2n) is 8.27. The molecule has 2 heterocycles. The molecule has 1 aromatic heterocycles. The zero-order valence-corrected chi connectivity index (χ0v) is 15.9. The number of hydrogen-bond donors (Lipinski definition) is 2. The Labute approximate surface area is 155 Å². The topological polar surface area (TPSA) is 67.2 Å². The van der Waals surface area contributed by atoms with Gasteiger partial charge in [0.05, 0.1) is 5.69 Å². The number of para-hydroxylation sites is 1. The van der Waals surface area contributed by atoms with E-state index in [4.69, 9.17) is 4.52 Å². The molecule has 0 unspecified atom stereocenters. The molecular formula is C21H29N3O2. The van der Waals surface area contributed by atoms with Crippen LogP contribution in [-0.2, 0) is 16.6 Å². The average molecular weight is 355 g/mol. The van der Waals surface area contributed by atoms with E-state index in [0.717, 1.165) is 43.1 Å². The second kappa shape index (κ2) is 8.04. The van der Waals surface area contributed by atoms with Crippen LogP contribution in [0.3, 0.4) is 0 Å². The van der Waals surface area contributed by atoms with Gasteiger partial charge in [0.15, 0.2) is 0 Å². The Kier molecular flexibility index (Phi) is 5.77. The van der Waals surface area contributed by atoms with E-state index in [0.29, 0.717) is 18.3 Å². The van der Waals surface area contributed by atoms with Crippen LogP contribution in [0.25, 0.3) is 0 Å². The number of nitrogens with one attached hydrogen (secondary N) is 2. The lowest BCUT2D eigenvalue weighted by Gasteiger charge is -2.31. The van der Waals surface area contributed by atoms with Crippen molar-refractivity contribution in [2.24, 2.45) is 11.8 Å². The molecular weight excluding hydrogens is 326 g/mol. The highest BCUT2D eigenvalue weighted by Crippen LogP contribution is 2.28. The maximum Gasteiger partial charge on any atom is 0.224 e. The van der Waals surface area contributed by atoms with Gasteiger partial charge in [-0.15, -0.1) is 0 Å². The Balaban J connectivity index is 1.60. The molecule has 2 aromatic rings. The third-order valence-electron chi connectivity index (χ3n) is 5.04. The van der Waals surface area contributed by atoms with Crippen molar-refractivity contribution in [3.8, 4) is 0 Å². The third kappa shape index (κ3) is 4.94. The summed E-state index contributed by atoms with van der Waals surface area (Å²) in [7, 11) is 0. The minimum Gasteiger partial charge on any atom is -0.361 e. The lowest BCUT2D eigenvalue weighted by Crippen LogP contribution is -2.39. The molecule has 0 radical (unpaired) electrons. The SMILES string of the molecule is CC(C)(C)c1cc(C[C@H]2CNCC[C@H]2CC(=O)Nc2ccccc2)no1. The number of nitrogens with zero attached hydrogens (tertiary/aromatic N) is 1. The first-order valence-corrected chi connectivity index (χ1v) is 9.43. The zero-order valence-electron chi connectivity index (χ0n) is 15.9. The van der Waals surface area contributed by atoms with E-state index in [2.05, 4.69) is 42.6 Å². The van der Waals surface area contributed by atoms with Gasteiger partial charge in [-0.25, -0.2) is 0 Å². The summed E-state index contributed by atoms with van der Waals surface area (Å²) < 4.78 is 5.52. The number of rotatable bonds is 5. The summed E-state index contributed by atoms with van der Waals surface area (Å²) in [4.78, 5) is 12.4. The minimum atomic E-state index is -0.0367. The van der Waals surface area contributed by atoms with Crippen LogP contribution in [0.1, 0.15) is 45.1 Å². The first-order valence-electron chi connectivity index (χ1n) is 9.43. The molecule has 1 aromatic carbocycles. The van der Waals surface area contributed by atoms with Crippen LogP contribution < -0.4 is 10.6 Å². The molecule has 140 valence electrons. The summed E-state index contributed by atoms with van der Waals surface area (Å²) in [5.41, 5.74) is 1.80. The number of anilines is 1. The lowest BCUT2D eigenvalue weighted by atomic mass is 9.81. The highest BCUT2D eigenvalue weighted by atomic mass is 16.5. The minimum absolute atomic E-state index is 0.0367. The van der Waals surface area contributed by atoms with E-state index < -0.39 is 0 Å². The standard InChI is InChI=1S/C21H29N3O2/c1-21(2,3)19-13-18(24-26-19)11-16-14-22-10-9-15(16)12-20(25)23-17-7-5-4-6-8-17/h4-8,13,15-16,22H,9-12,14H2,1-3H3,(H,23,25)/t15-,16-/m0/s1. The van der Waals surface area contributed by atoms with Gasteiger partial charge in [0.25, 0.3) is 0 Å². The maximum atomic E-state index is 12.4. The van der Waals surface area contributed by atoms with Gasteiger partial charge in [0, 0.05) is 23.6 Å². The first kappa shape index (κ1) is 18.6. The largest absolute Gasteiger partial charge is 0.361 e. The van der Waals surface area contributed by atoms with Crippen molar-refractivity contribution < 1.29 is 9.32 Å². The predicted molar refractivity (Wildman–Crippen MR) is 103 cm³/mol. The maximum absolute atomic E-state index is 12.4. The third-order valence-corrected chi connectivity index (χ3v) is 5.04. The van der Waals surface area contributed by atoms with Crippen LogP contribution >= 0.6 is 0 Å². The molecule has 1 aliphatic heterocycles. The van der Waals surface area contributed by atoms with Crippen LogP contribution in [-0.4, -0.2) is 24.2 Å². The van der Waals surface area contributed by atoms with Crippen molar-refractivity contribution >= 4 is 11.6 Å². The van der Waals surface area contributed by atoms with E-state index >= 15 is 0 Å². The normalized spacial score (nSPS) is 20.7. The Morgan fingerprint density at radius 2 is 2.04 bits per heavy atom. The fourth-order valence-electron chi connectivity index (χ4n) is 3.49. The fraction of sp³-hybridized carbons (Fsp3) is 0.524. The summed E-state index contributed by atoms with van der Waals surface area (Å²) in [6, 6.07) is 11.7. The van der Waals surface area contributed by atoms with Crippen LogP contribution in [0, 0.1) is 11.8 Å². The molecule has 26 heavy (non-hydrogen) atoms. The molecule has 2 atom stereocenters. The van der Waals surface area contributed by atoms with Gasteiger partial charge in [0.2, 0.25) is 5.91 Å². The molecule has 0 saturated carbocycles. The van der Waals surface area contributed by atoms with Crippen LogP contribution in [0.5, 0.6) is 0 Å². The van der Waals surface area contributed by atoms with Crippen LogP contribution in [0.2, 0.25) is 0 Å². The van der Waals surface area contributed by atoms with Gasteiger partial charge in [-0.3, -0.25) is 4.79 Å². The molecule has 0 bridgehead atoms. The Morgan fingerprint density at radius 3 is 2.73 bits per heavy atom. The molecule has 2 N–H and O–H groups in total. The molecule has 0 spiro atoms. The molecule has 1 aliphatic rings. The number of carbonyl (C=O) groups excluding carboxylic acids is 1. The van der Waals surface area contributed by atoms with Crippen molar-refractivity contribution in [3.05, 3.63) is 47.9 Å². The summed E-state index contributed by atoms with van der Waals surface area (Å²) in [6.45, 7) is 8.25. The lowest BCUT2D eigenvalue weighted by molar-refractivity contribution is -0.117. The number of piperidine rings is 1. The fourth-order valence-corrected chi connectivity index (χ4v) is 3.49.